The molecular formula is C16H18ClN3O2S. The zero-order valence-corrected chi connectivity index (χ0v) is 14.1. The van der Waals surface area contributed by atoms with Gasteiger partial charge in [-0.1, -0.05) is 18.0 Å². The molecule has 122 valence electrons. The highest BCUT2D eigenvalue weighted by molar-refractivity contribution is 8.14. The van der Waals surface area contributed by atoms with E-state index in [0.29, 0.717) is 17.1 Å². The number of hydrogen-bond acceptors (Lipinski definition) is 4. The Morgan fingerprint density at radius 3 is 3.04 bits per heavy atom. The van der Waals surface area contributed by atoms with Gasteiger partial charge in [0, 0.05) is 22.6 Å². The van der Waals surface area contributed by atoms with Crippen LogP contribution in [0, 0.1) is 0 Å². The molecule has 23 heavy (non-hydrogen) atoms. The van der Waals surface area contributed by atoms with Crippen LogP contribution in [-0.4, -0.2) is 32.9 Å². The van der Waals surface area contributed by atoms with Gasteiger partial charge < -0.3 is 15.8 Å². The molecule has 1 aliphatic rings. The SMILES string of the molecule is Nc1cc(Cl)cc2cc(C3=N[C@H](CCCCC(=O)O)CS3)[nH]c12. The molecule has 0 saturated carbocycles. The van der Waals surface area contributed by atoms with Crippen molar-refractivity contribution in [2.24, 2.45) is 4.99 Å². The van der Waals surface area contributed by atoms with Gasteiger partial charge in [-0.2, -0.15) is 0 Å². The topological polar surface area (TPSA) is 91.5 Å². The van der Waals surface area contributed by atoms with Crippen molar-refractivity contribution in [3.8, 4) is 0 Å². The lowest BCUT2D eigenvalue weighted by Crippen LogP contribution is -2.04. The Hall–Kier alpha value is -1.66. The molecule has 2 heterocycles. The van der Waals surface area contributed by atoms with Crippen LogP contribution in [0.15, 0.2) is 23.2 Å². The number of aromatic amines is 1. The molecule has 1 aromatic heterocycles. The average Bonchev–Trinajstić information content (AvgIpc) is 3.09. The molecule has 0 spiro atoms. The molecule has 1 aliphatic heterocycles. The fourth-order valence-corrected chi connectivity index (χ4v) is 4.03. The van der Waals surface area contributed by atoms with Gasteiger partial charge in [0.15, 0.2) is 0 Å². The normalized spacial score (nSPS) is 17.6. The number of thioether (sulfide) groups is 1. The monoisotopic (exact) mass is 351 g/mol. The number of unbranched alkanes of at least 4 members (excludes halogenated alkanes) is 1. The van der Waals surface area contributed by atoms with E-state index in [1.165, 1.54) is 0 Å². The van der Waals surface area contributed by atoms with Crippen molar-refractivity contribution in [1.82, 2.24) is 4.98 Å². The highest BCUT2D eigenvalue weighted by atomic mass is 35.5. The molecule has 1 atom stereocenters. The number of nitrogens with zero attached hydrogens (tertiary/aromatic N) is 1. The van der Waals surface area contributed by atoms with Crippen LogP contribution in [0.5, 0.6) is 0 Å². The number of fused-ring (bicyclic) bond motifs is 1. The van der Waals surface area contributed by atoms with E-state index in [4.69, 9.17) is 27.4 Å². The number of aliphatic carboxylic acids is 1. The van der Waals surface area contributed by atoms with Crippen LogP contribution in [0.25, 0.3) is 10.9 Å². The van der Waals surface area contributed by atoms with Gasteiger partial charge >= 0.3 is 5.97 Å². The van der Waals surface area contributed by atoms with Gasteiger partial charge in [-0.15, -0.1) is 11.8 Å². The van der Waals surface area contributed by atoms with E-state index in [1.54, 1.807) is 17.8 Å². The van der Waals surface area contributed by atoms with E-state index in [1.807, 2.05) is 12.1 Å². The van der Waals surface area contributed by atoms with Gasteiger partial charge in [0.2, 0.25) is 0 Å². The number of H-pyrrole nitrogens is 1. The van der Waals surface area contributed by atoms with Crippen molar-refractivity contribution in [1.29, 1.82) is 0 Å². The van der Waals surface area contributed by atoms with Crippen LogP contribution < -0.4 is 5.73 Å². The number of nitrogens with one attached hydrogen (secondary N) is 1. The lowest BCUT2D eigenvalue weighted by Gasteiger charge is -2.03. The number of hydrogen-bond donors (Lipinski definition) is 3. The first-order valence-corrected chi connectivity index (χ1v) is 8.90. The van der Waals surface area contributed by atoms with Crippen LogP contribution in [-0.2, 0) is 4.79 Å². The van der Waals surface area contributed by atoms with E-state index in [2.05, 4.69) is 4.98 Å². The molecule has 0 radical (unpaired) electrons. The number of carbonyl (C=O) groups is 1. The summed E-state index contributed by atoms with van der Waals surface area (Å²) in [5.74, 6) is 0.206. The zero-order valence-electron chi connectivity index (χ0n) is 12.5. The Bertz CT molecular complexity index is 772. The molecule has 0 aliphatic carbocycles. The number of anilines is 1. The minimum absolute atomic E-state index is 0.235. The third-order valence-electron chi connectivity index (χ3n) is 3.84. The van der Waals surface area contributed by atoms with Crippen LogP contribution in [0.3, 0.4) is 0 Å². The molecule has 0 amide bonds. The van der Waals surface area contributed by atoms with Gasteiger partial charge in [0.05, 0.1) is 22.9 Å². The van der Waals surface area contributed by atoms with Gasteiger partial charge in [0.25, 0.3) is 0 Å². The number of halogens is 1. The maximum absolute atomic E-state index is 10.5. The first kappa shape index (κ1) is 16.2. The molecule has 1 aromatic carbocycles. The molecule has 0 saturated heterocycles. The molecule has 0 unspecified atom stereocenters. The summed E-state index contributed by atoms with van der Waals surface area (Å²) in [6.45, 7) is 0. The van der Waals surface area contributed by atoms with Gasteiger partial charge in [0.1, 0.15) is 5.04 Å². The second-order valence-corrected chi connectivity index (χ2v) is 7.13. The quantitative estimate of drug-likeness (QED) is 0.543. The number of carboxylic acids is 1. The minimum Gasteiger partial charge on any atom is -0.481 e. The average molecular weight is 352 g/mol. The van der Waals surface area contributed by atoms with Crippen LogP contribution in [0.2, 0.25) is 5.02 Å². The third-order valence-corrected chi connectivity index (χ3v) is 5.21. The largest absolute Gasteiger partial charge is 0.481 e. The fourth-order valence-electron chi connectivity index (χ4n) is 2.72. The third kappa shape index (κ3) is 3.82. The smallest absolute Gasteiger partial charge is 0.303 e. The summed E-state index contributed by atoms with van der Waals surface area (Å²) in [6.07, 6.45) is 2.77. The maximum atomic E-state index is 10.5. The molecule has 4 N–H and O–H groups in total. The fraction of sp³-hybridized carbons (Fsp3) is 0.375. The summed E-state index contributed by atoms with van der Waals surface area (Å²) in [5, 5.41) is 11.2. The van der Waals surface area contributed by atoms with Gasteiger partial charge in [-0.05, 0) is 31.0 Å². The number of benzene rings is 1. The summed E-state index contributed by atoms with van der Waals surface area (Å²) in [6, 6.07) is 5.91. The lowest BCUT2D eigenvalue weighted by molar-refractivity contribution is -0.137. The summed E-state index contributed by atoms with van der Waals surface area (Å²) in [7, 11) is 0. The predicted octanol–water partition coefficient (Wildman–Crippen LogP) is 3.91. The van der Waals surface area contributed by atoms with Gasteiger partial charge in [-0.3, -0.25) is 9.79 Å². The number of carboxylic acid groups (broad SMARTS) is 1. The number of aliphatic imine (C=N–C) groups is 1. The molecule has 0 fully saturated rings. The second-order valence-electron chi connectivity index (χ2n) is 5.68. The Balaban J connectivity index is 1.69. The van der Waals surface area contributed by atoms with Gasteiger partial charge in [-0.25, -0.2) is 0 Å². The minimum atomic E-state index is -0.732. The van der Waals surface area contributed by atoms with E-state index < -0.39 is 5.97 Å². The summed E-state index contributed by atoms with van der Waals surface area (Å²) in [4.78, 5) is 18.6. The second kappa shape index (κ2) is 6.84. The Kier molecular flexibility index (Phi) is 4.82. The van der Waals surface area contributed by atoms with Crippen molar-refractivity contribution in [3.05, 3.63) is 28.9 Å². The highest BCUT2D eigenvalue weighted by Gasteiger charge is 2.21. The maximum Gasteiger partial charge on any atom is 0.303 e. The molecule has 2 aromatic rings. The van der Waals surface area contributed by atoms with Crippen molar-refractivity contribution in [2.75, 3.05) is 11.5 Å². The Labute approximate surface area is 143 Å². The standard InChI is InChI=1S/C16H18ClN3O2S/c17-10-5-9-6-13(20-15(9)12(18)7-10)16-19-11(8-23-16)3-1-2-4-14(21)22/h5-7,11,20H,1-4,8,18H2,(H,21,22)/t11-/m1/s1. The van der Waals surface area contributed by atoms with E-state index in [-0.39, 0.29) is 12.5 Å². The zero-order chi connectivity index (χ0) is 16.4. The Morgan fingerprint density at radius 1 is 1.43 bits per heavy atom. The summed E-state index contributed by atoms with van der Waals surface area (Å²) >= 11 is 7.76. The van der Waals surface area contributed by atoms with Crippen molar-refractivity contribution in [3.63, 3.8) is 0 Å². The molecule has 3 rings (SSSR count). The van der Waals surface area contributed by atoms with Crippen molar-refractivity contribution >= 4 is 51.0 Å². The highest BCUT2D eigenvalue weighted by Crippen LogP contribution is 2.31. The van der Waals surface area contributed by atoms with Crippen LogP contribution in [0.4, 0.5) is 5.69 Å². The molecular weight excluding hydrogens is 334 g/mol. The summed E-state index contributed by atoms with van der Waals surface area (Å²) < 4.78 is 0. The summed E-state index contributed by atoms with van der Waals surface area (Å²) in [5.41, 5.74) is 8.47. The van der Waals surface area contributed by atoms with E-state index >= 15 is 0 Å². The van der Waals surface area contributed by atoms with Crippen molar-refractivity contribution in [2.45, 2.75) is 31.7 Å². The Morgan fingerprint density at radius 2 is 2.26 bits per heavy atom. The van der Waals surface area contributed by atoms with Crippen LogP contribution >= 0.6 is 23.4 Å². The molecule has 0 bridgehead atoms. The lowest BCUT2D eigenvalue weighted by atomic mass is 10.1. The molecule has 5 nitrogen and oxygen atoms in total. The van der Waals surface area contributed by atoms with E-state index in [9.17, 15) is 4.79 Å². The molecule has 7 heteroatoms. The first-order chi connectivity index (χ1) is 11.0. The predicted molar refractivity (Wildman–Crippen MR) is 96.6 cm³/mol. The number of aromatic nitrogens is 1. The number of rotatable bonds is 6. The number of nitrogen functional groups attached to an aromatic ring is 1. The van der Waals surface area contributed by atoms with E-state index in [0.717, 1.165) is 40.2 Å². The van der Waals surface area contributed by atoms with Crippen molar-refractivity contribution < 1.29 is 9.90 Å². The first-order valence-electron chi connectivity index (χ1n) is 7.53. The number of nitrogens with two attached hydrogens (primary N) is 1. The van der Waals surface area contributed by atoms with Crippen LogP contribution in [0.1, 0.15) is 31.4 Å².